The number of rotatable bonds is 7. The Bertz CT molecular complexity index is 884. The molecule has 2 aromatic heterocycles. The van der Waals surface area contributed by atoms with Gasteiger partial charge in [0.15, 0.2) is 0 Å². The molecule has 1 aromatic carbocycles. The molecule has 0 bridgehead atoms. The summed E-state index contributed by atoms with van der Waals surface area (Å²) in [5, 5.41) is 7.65. The molecular weight excluding hydrogens is 379 g/mol. The van der Waals surface area contributed by atoms with Crippen LogP contribution in [-0.2, 0) is 0 Å². The topological polar surface area (TPSA) is 66.5 Å². The molecule has 0 aliphatic rings. The number of nitrogens with one attached hydrogen (secondary N) is 2. The highest BCUT2D eigenvalue weighted by molar-refractivity contribution is 7.10. The SMILES string of the molecule is CN(C)C(CNC(=O)Nc1ccc(Oc2ccc(F)cc2)nc1)c1cccs1. The van der Waals surface area contributed by atoms with Gasteiger partial charge in [0.1, 0.15) is 11.6 Å². The molecule has 28 heavy (non-hydrogen) atoms. The number of benzene rings is 1. The van der Waals surface area contributed by atoms with Crippen molar-refractivity contribution in [3.8, 4) is 11.6 Å². The number of carbonyl (C=O) groups is 1. The van der Waals surface area contributed by atoms with Gasteiger partial charge in [0, 0.05) is 17.5 Å². The van der Waals surface area contributed by atoms with Crippen LogP contribution in [0.25, 0.3) is 0 Å². The van der Waals surface area contributed by atoms with Crippen molar-refractivity contribution >= 4 is 23.1 Å². The lowest BCUT2D eigenvalue weighted by atomic mass is 10.2. The van der Waals surface area contributed by atoms with Crippen LogP contribution < -0.4 is 15.4 Å². The van der Waals surface area contributed by atoms with E-state index in [4.69, 9.17) is 4.74 Å². The summed E-state index contributed by atoms with van der Waals surface area (Å²) in [5.41, 5.74) is 0.543. The van der Waals surface area contributed by atoms with Crippen LogP contribution in [0.2, 0.25) is 0 Å². The van der Waals surface area contributed by atoms with Crippen LogP contribution in [0.3, 0.4) is 0 Å². The van der Waals surface area contributed by atoms with Gasteiger partial charge in [-0.25, -0.2) is 14.2 Å². The summed E-state index contributed by atoms with van der Waals surface area (Å²) in [6.07, 6.45) is 1.50. The number of ether oxygens (including phenoxy) is 1. The number of hydrogen-bond donors (Lipinski definition) is 2. The van der Waals surface area contributed by atoms with E-state index in [0.717, 1.165) is 0 Å². The Kier molecular flexibility index (Phi) is 6.57. The van der Waals surface area contributed by atoms with E-state index in [1.165, 1.54) is 35.3 Å². The number of anilines is 1. The molecule has 3 rings (SSSR count). The number of nitrogens with zero attached hydrogens (tertiary/aromatic N) is 2. The summed E-state index contributed by atoms with van der Waals surface area (Å²) < 4.78 is 18.4. The Morgan fingerprint density at radius 2 is 2.00 bits per heavy atom. The molecule has 3 aromatic rings. The smallest absolute Gasteiger partial charge is 0.319 e. The van der Waals surface area contributed by atoms with Gasteiger partial charge in [0.25, 0.3) is 0 Å². The highest BCUT2D eigenvalue weighted by Gasteiger charge is 2.16. The lowest BCUT2D eigenvalue weighted by molar-refractivity contribution is 0.244. The van der Waals surface area contributed by atoms with Crippen LogP contribution in [0.4, 0.5) is 14.9 Å². The zero-order valence-electron chi connectivity index (χ0n) is 15.6. The molecule has 8 heteroatoms. The number of halogens is 1. The van der Waals surface area contributed by atoms with Gasteiger partial charge in [-0.05, 0) is 55.9 Å². The first-order valence-corrected chi connectivity index (χ1v) is 9.53. The summed E-state index contributed by atoms with van der Waals surface area (Å²) in [5.74, 6) is 0.500. The van der Waals surface area contributed by atoms with E-state index in [0.29, 0.717) is 23.9 Å². The third-order valence-electron chi connectivity index (χ3n) is 3.98. The van der Waals surface area contributed by atoms with Crippen molar-refractivity contribution in [2.24, 2.45) is 0 Å². The number of urea groups is 1. The largest absolute Gasteiger partial charge is 0.439 e. The van der Waals surface area contributed by atoms with Crippen LogP contribution >= 0.6 is 11.3 Å². The van der Waals surface area contributed by atoms with Gasteiger partial charge in [0.2, 0.25) is 5.88 Å². The maximum absolute atomic E-state index is 12.9. The lowest BCUT2D eigenvalue weighted by Gasteiger charge is -2.23. The standard InChI is InChI=1S/C20H21FN4O2S/c1-25(2)17(18-4-3-11-28-18)13-23-20(26)24-15-7-10-19(22-12-15)27-16-8-5-14(21)6-9-16/h3-12,17H,13H2,1-2H3,(H2,23,24,26). The van der Waals surface area contributed by atoms with Crippen LogP contribution in [0.5, 0.6) is 11.6 Å². The summed E-state index contributed by atoms with van der Waals surface area (Å²) in [4.78, 5) is 19.6. The number of hydrogen-bond acceptors (Lipinski definition) is 5. The van der Waals surface area contributed by atoms with E-state index in [1.807, 2.05) is 25.5 Å². The summed E-state index contributed by atoms with van der Waals surface area (Å²) >= 11 is 1.66. The average Bonchev–Trinajstić information content (AvgIpc) is 3.19. The Morgan fingerprint density at radius 1 is 1.21 bits per heavy atom. The zero-order valence-corrected chi connectivity index (χ0v) is 16.4. The van der Waals surface area contributed by atoms with Gasteiger partial charge in [-0.3, -0.25) is 0 Å². The van der Waals surface area contributed by atoms with Crippen molar-refractivity contribution in [3.63, 3.8) is 0 Å². The van der Waals surface area contributed by atoms with Crippen molar-refractivity contribution in [1.82, 2.24) is 15.2 Å². The normalized spacial score (nSPS) is 11.9. The van der Waals surface area contributed by atoms with Crippen molar-refractivity contribution in [2.75, 3.05) is 26.0 Å². The zero-order chi connectivity index (χ0) is 19.9. The number of likely N-dealkylation sites (N-methyl/N-ethyl adjacent to an activating group) is 1. The Labute approximate surface area is 167 Å². The average molecular weight is 400 g/mol. The third kappa shape index (κ3) is 5.51. The predicted molar refractivity (Wildman–Crippen MR) is 108 cm³/mol. The second-order valence-electron chi connectivity index (χ2n) is 6.27. The number of aromatic nitrogens is 1. The van der Waals surface area contributed by atoms with Gasteiger partial charge in [-0.15, -0.1) is 11.3 Å². The van der Waals surface area contributed by atoms with E-state index < -0.39 is 0 Å². The lowest BCUT2D eigenvalue weighted by Crippen LogP contribution is -2.36. The van der Waals surface area contributed by atoms with Gasteiger partial charge in [0.05, 0.1) is 17.9 Å². The summed E-state index contributed by atoms with van der Waals surface area (Å²) in [6, 6.07) is 12.8. The van der Waals surface area contributed by atoms with E-state index in [2.05, 4.69) is 26.6 Å². The molecule has 2 heterocycles. The minimum Gasteiger partial charge on any atom is -0.439 e. The highest BCUT2D eigenvalue weighted by atomic mass is 32.1. The maximum atomic E-state index is 12.9. The number of carbonyl (C=O) groups excluding carboxylic acids is 1. The molecule has 6 nitrogen and oxygen atoms in total. The second kappa shape index (κ2) is 9.29. The van der Waals surface area contributed by atoms with Crippen molar-refractivity contribution in [1.29, 1.82) is 0 Å². The van der Waals surface area contributed by atoms with Gasteiger partial charge in [-0.1, -0.05) is 6.07 Å². The highest BCUT2D eigenvalue weighted by Crippen LogP contribution is 2.23. The fraction of sp³-hybridized carbons (Fsp3) is 0.200. The molecule has 0 spiro atoms. The van der Waals surface area contributed by atoms with E-state index in [1.54, 1.807) is 23.5 Å². The van der Waals surface area contributed by atoms with Gasteiger partial charge in [-0.2, -0.15) is 0 Å². The van der Waals surface area contributed by atoms with Crippen LogP contribution in [-0.4, -0.2) is 36.6 Å². The summed E-state index contributed by atoms with van der Waals surface area (Å²) in [6.45, 7) is 0.485. The van der Waals surface area contributed by atoms with Gasteiger partial charge >= 0.3 is 6.03 Å². The Balaban J connectivity index is 1.52. The first-order valence-electron chi connectivity index (χ1n) is 8.65. The van der Waals surface area contributed by atoms with Crippen LogP contribution in [0.15, 0.2) is 60.1 Å². The molecule has 2 N–H and O–H groups in total. The molecule has 1 unspecified atom stereocenters. The molecule has 2 amide bonds. The predicted octanol–water partition coefficient (Wildman–Crippen LogP) is 4.50. The Hall–Kier alpha value is -2.97. The number of pyridine rings is 1. The first kappa shape index (κ1) is 19.8. The fourth-order valence-corrected chi connectivity index (χ4v) is 3.44. The minimum atomic E-state index is -0.332. The molecule has 0 aliphatic heterocycles. The first-order chi connectivity index (χ1) is 13.5. The molecule has 1 atom stereocenters. The van der Waals surface area contributed by atoms with Crippen molar-refractivity contribution < 1.29 is 13.9 Å². The minimum absolute atomic E-state index is 0.107. The quantitative estimate of drug-likeness (QED) is 0.613. The van der Waals surface area contributed by atoms with E-state index in [-0.39, 0.29) is 17.9 Å². The molecule has 0 radical (unpaired) electrons. The second-order valence-corrected chi connectivity index (χ2v) is 7.25. The molecular formula is C20H21FN4O2S. The fourth-order valence-electron chi connectivity index (χ4n) is 2.52. The number of thiophene rings is 1. The van der Waals surface area contributed by atoms with Crippen LogP contribution in [0.1, 0.15) is 10.9 Å². The molecule has 0 saturated heterocycles. The van der Waals surface area contributed by atoms with E-state index in [9.17, 15) is 9.18 Å². The van der Waals surface area contributed by atoms with Crippen LogP contribution in [0, 0.1) is 5.82 Å². The maximum Gasteiger partial charge on any atom is 0.319 e. The molecule has 0 fully saturated rings. The van der Waals surface area contributed by atoms with Crippen molar-refractivity contribution in [2.45, 2.75) is 6.04 Å². The molecule has 0 aliphatic carbocycles. The van der Waals surface area contributed by atoms with Gasteiger partial charge < -0.3 is 20.3 Å². The monoisotopic (exact) mass is 400 g/mol. The number of amides is 2. The summed E-state index contributed by atoms with van der Waals surface area (Å²) in [7, 11) is 3.96. The Morgan fingerprint density at radius 3 is 2.61 bits per heavy atom. The van der Waals surface area contributed by atoms with E-state index >= 15 is 0 Å². The third-order valence-corrected chi connectivity index (χ3v) is 4.95. The van der Waals surface area contributed by atoms with Crippen molar-refractivity contribution in [3.05, 3.63) is 70.8 Å². The molecule has 0 saturated carbocycles. The molecule has 146 valence electrons.